The molecule has 1 aliphatic heterocycles. The van der Waals surface area contributed by atoms with Crippen molar-refractivity contribution < 1.29 is 70.6 Å². The zero-order valence-electron chi connectivity index (χ0n) is 11.5. The molecule has 1 aliphatic rings. The molecule has 0 aliphatic carbocycles. The van der Waals surface area contributed by atoms with Crippen LogP contribution in [0.5, 0.6) is 0 Å². The molecule has 0 radical (unpaired) electrons. The maximum atomic E-state index is 10.7. The maximum Gasteiger partial charge on any atom is 0.455 e. The van der Waals surface area contributed by atoms with Crippen molar-refractivity contribution in [1.29, 1.82) is 0 Å². The standard InChI is InChI=1S/C9H17NO13/c1-3(7(17,18)4(11)12)8(19,20)10(9(21,22)23)5(13,14)2-6(10,15)16/h3,13-23H,2H2,1H3/p+1. The molecule has 1 saturated heterocycles. The number of quaternary nitrogens is 1. The van der Waals surface area contributed by atoms with E-state index in [1.54, 1.807) is 0 Å². The Hall–Kier alpha value is -1.01. The first-order valence-corrected chi connectivity index (χ1v) is 5.89. The maximum absolute atomic E-state index is 10.7. The first-order chi connectivity index (χ1) is 9.81. The Labute approximate surface area is 126 Å². The molecule has 12 N–H and O–H groups in total. The van der Waals surface area contributed by atoms with Crippen LogP contribution in [0.3, 0.4) is 0 Å². The summed E-state index contributed by atoms with van der Waals surface area (Å²) in [6, 6.07) is 0. The van der Waals surface area contributed by atoms with E-state index in [9.17, 15) is 61.0 Å². The van der Waals surface area contributed by atoms with Crippen LogP contribution in [-0.2, 0) is 4.79 Å². The van der Waals surface area contributed by atoms with Gasteiger partial charge < -0.3 is 46.0 Å². The average Bonchev–Trinajstić information content (AvgIpc) is 2.21. The molecular formula is C9H18NO13+. The summed E-state index contributed by atoms with van der Waals surface area (Å²) in [6.07, 6.45) is -6.28. The van der Waals surface area contributed by atoms with Crippen molar-refractivity contribution in [3.63, 3.8) is 0 Å². The molecule has 1 unspecified atom stereocenters. The highest BCUT2D eigenvalue weighted by Gasteiger charge is 2.92. The second-order valence-electron chi connectivity index (χ2n) is 5.44. The fraction of sp³-hybridized carbons (Fsp3) is 0.889. The number of hydrogen-bond donors (Lipinski definition) is 12. The fourth-order valence-electron chi connectivity index (χ4n) is 2.72. The van der Waals surface area contributed by atoms with Gasteiger partial charge in [0, 0.05) is 0 Å². The Kier molecular flexibility index (Phi) is 4.14. The predicted molar refractivity (Wildman–Crippen MR) is 59.7 cm³/mol. The summed E-state index contributed by atoms with van der Waals surface area (Å²) in [4.78, 5) is 10.7. The highest BCUT2D eigenvalue weighted by Crippen LogP contribution is 2.57. The molecule has 0 aromatic rings. The smallest absolute Gasteiger partial charge is 0.455 e. The number of carboxylic acid groups (broad SMARTS) is 1. The number of carboxylic acids is 1. The average molecular weight is 348 g/mol. The third-order valence-corrected chi connectivity index (χ3v) is 3.99. The van der Waals surface area contributed by atoms with Crippen LogP contribution in [0.25, 0.3) is 0 Å². The van der Waals surface area contributed by atoms with E-state index in [4.69, 9.17) is 5.11 Å². The van der Waals surface area contributed by atoms with Gasteiger partial charge in [-0.1, -0.05) is 4.48 Å². The summed E-state index contributed by atoms with van der Waals surface area (Å²) < 4.78 is -3.39. The molecule has 14 nitrogen and oxygen atoms in total. The van der Waals surface area contributed by atoms with E-state index in [0.717, 1.165) is 0 Å². The summed E-state index contributed by atoms with van der Waals surface area (Å²) >= 11 is 0. The second kappa shape index (κ2) is 4.76. The zero-order valence-corrected chi connectivity index (χ0v) is 11.5. The topological polar surface area (TPSA) is 260 Å². The minimum absolute atomic E-state index is 0.352. The third kappa shape index (κ3) is 2.18. The van der Waals surface area contributed by atoms with Crippen molar-refractivity contribution in [2.24, 2.45) is 5.92 Å². The van der Waals surface area contributed by atoms with Crippen LogP contribution in [0.4, 0.5) is 0 Å². The Balaban J connectivity index is 3.67. The summed E-state index contributed by atoms with van der Waals surface area (Å²) in [5.74, 6) is -21.5. The van der Waals surface area contributed by atoms with Gasteiger partial charge in [0.1, 0.15) is 5.92 Å². The molecule has 0 bridgehead atoms. The van der Waals surface area contributed by atoms with Crippen LogP contribution in [-0.4, -0.2) is 101 Å². The van der Waals surface area contributed by atoms with Gasteiger partial charge in [-0.05, 0) is 6.92 Å². The second-order valence-corrected chi connectivity index (χ2v) is 5.44. The van der Waals surface area contributed by atoms with E-state index in [0.29, 0.717) is 6.92 Å². The van der Waals surface area contributed by atoms with Crippen LogP contribution < -0.4 is 0 Å². The van der Waals surface area contributed by atoms with Crippen molar-refractivity contribution in [3.05, 3.63) is 0 Å². The summed E-state index contributed by atoms with van der Waals surface area (Å²) in [7, 11) is 0. The van der Waals surface area contributed by atoms with E-state index in [1.807, 2.05) is 0 Å². The molecule has 23 heavy (non-hydrogen) atoms. The van der Waals surface area contributed by atoms with E-state index >= 15 is 0 Å². The summed E-state index contributed by atoms with van der Waals surface area (Å²) in [6.45, 7) is 0.352. The van der Waals surface area contributed by atoms with Gasteiger partial charge in [-0.3, -0.25) is 15.3 Å². The minimum Gasteiger partial charge on any atom is -0.477 e. The third-order valence-electron chi connectivity index (χ3n) is 3.99. The van der Waals surface area contributed by atoms with Crippen LogP contribution in [0.2, 0.25) is 0 Å². The largest absolute Gasteiger partial charge is 0.477 e. The fourth-order valence-corrected chi connectivity index (χ4v) is 2.72. The van der Waals surface area contributed by atoms with E-state index in [1.165, 1.54) is 0 Å². The zero-order chi connectivity index (χ0) is 18.9. The lowest BCUT2D eigenvalue weighted by Crippen LogP contribution is -2.99. The van der Waals surface area contributed by atoms with Crippen molar-refractivity contribution >= 4 is 5.97 Å². The monoisotopic (exact) mass is 348 g/mol. The number of hydrogen-bond acceptors (Lipinski definition) is 12. The molecule has 0 amide bonds. The number of nitrogens with zero attached hydrogens (tertiary/aromatic N) is 1. The molecule has 0 aromatic carbocycles. The molecule has 0 spiro atoms. The number of aliphatic carboxylic acids is 1. The van der Waals surface area contributed by atoms with Gasteiger partial charge in [0.2, 0.25) is 0 Å². The van der Waals surface area contributed by atoms with Gasteiger partial charge >= 0.3 is 29.8 Å². The van der Waals surface area contributed by atoms with E-state index in [2.05, 4.69) is 0 Å². The number of likely N-dealkylation sites (tertiary alicyclic amines) is 1. The van der Waals surface area contributed by atoms with Gasteiger partial charge in [-0.2, -0.15) is 0 Å². The Bertz CT molecular complexity index is 473. The molecule has 1 rings (SSSR count). The van der Waals surface area contributed by atoms with Crippen molar-refractivity contribution in [2.75, 3.05) is 0 Å². The lowest BCUT2D eigenvalue weighted by atomic mass is 9.86. The molecule has 1 heterocycles. The number of aliphatic hydroxyl groups is 11. The van der Waals surface area contributed by atoms with Crippen LogP contribution >= 0.6 is 0 Å². The first-order valence-electron chi connectivity index (χ1n) is 5.89. The van der Waals surface area contributed by atoms with E-state index in [-0.39, 0.29) is 0 Å². The number of rotatable bonds is 5. The van der Waals surface area contributed by atoms with Gasteiger partial charge in [0.15, 0.2) is 6.42 Å². The molecule has 0 aromatic heterocycles. The Morgan fingerprint density at radius 2 is 1.30 bits per heavy atom. The highest BCUT2D eigenvalue weighted by atomic mass is 16.8. The number of carbonyl (C=O) groups is 1. The van der Waals surface area contributed by atoms with Gasteiger partial charge in [-0.15, -0.1) is 0 Å². The lowest BCUT2D eigenvalue weighted by molar-refractivity contribution is -1.28. The Morgan fingerprint density at radius 3 is 1.52 bits per heavy atom. The minimum atomic E-state index is -4.70. The normalized spacial score (nSPS) is 24.7. The van der Waals surface area contributed by atoms with E-state index < -0.39 is 52.4 Å². The quantitative estimate of drug-likeness (QED) is 0.163. The van der Waals surface area contributed by atoms with Gasteiger partial charge in [0.25, 0.3) is 5.79 Å². The van der Waals surface area contributed by atoms with Crippen LogP contribution in [0.1, 0.15) is 13.3 Å². The highest BCUT2D eigenvalue weighted by molar-refractivity contribution is 5.75. The molecule has 1 fully saturated rings. The molecule has 14 heteroatoms. The molecule has 0 saturated carbocycles. The predicted octanol–water partition coefficient (Wildman–Crippen LogP) is -6.89. The van der Waals surface area contributed by atoms with Crippen molar-refractivity contribution in [1.82, 2.24) is 0 Å². The summed E-state index contributed by atoms with van der Waals surface area (Å²) in [5, 5.41) is 113. The molecule has 1 atom stereocenters. The van der Waals surface area contributed by atoms with Crippen LogP contribution in [0, 0.1) is 5.92 Å². The van der Waals surface area contributed by atoms with Crippen molar-refractivity contribution in [3.8, 4) is 0 Å². The van der Waals surface area contributed by atoms with Crippen molar-refractivity contribution in [2.45, 2.75) is 43.0 Å². The molecular weight excluding hydrogens is 330 g/mol. The SMILES string of the molecule is CC(C(O)(O)C(=O)O)C(O)(O)[N+]1(C(O)(O)O)C(O)(O)CC1(O)O. The van der Waals surface area contributed by atoms with Gasteiger partial charge in [0.05, 0.1) is 0 Å². The summed E-state index contributed by atoms with van der Waals surface area (Å²) in [5.41, 5.74) is 0. The lowest BCUT2D eigenvalue weighted by Gasteiger charge is -2.65. The Morgan fingerprint density at radius 1 is 0.957 bits per heavy atom. The molecule has 136 valence electrons. The van der Waals surface area contributed by atoms with Gasteiger partial charge in [-0.25, -0.2) is 4.79 Å². The van der Waals surface area contributed by atoms with Crippen LogP contribution in [0.15, 0.2) is 0 Å². The first kappa shape index (κ1) is 20.0.